The van der Waals surface area contributed by atoms with E-state index in [-0.39, 0.29) is 24.0 Å². The summed E-state index contributed by atoms with van der Waals surface area (Å²) in [5, 5.41) is 12.2. The number of aryl methyl sites for hydroxylation is 1. The summed E-state index contributed by atoms with van der Waals surface area (Å²) in [6, 6.07) is 12.6. The Bertz CT molecular complexity index is 1290. The number of carbonyl (C=O) groups excluding carboxylic acids is 1. The van der Waals surface area contributed by atoms with E-state index in [1.54, 1.807) is 19.1 Å². The lowest BCUT2D eigenvalue weighted by Crippen LogP contribution is -2.09. The smallest absolute Gasteiger partial charge is 0.338 e. The molecule has 0 amide bonds. The van der Waals surface area contributed by atoms with E-state index in [1.165, 1.54) is 0 Å². The molecule has 0 radical (unpaired) electrons. The topological polar surface area (TPSA) is 119 Å². The number of esters is 1. The highest BCUT2D eigenvalue weighted by Gasteiger charge is 2.23. The Morgan fingerprint density at radius 3 is 2.22 bits per heavy atom. The molecule has 0 aliphatic rings. The minimum Gasteiger partial charge on any atom is -0.490 e. The highest BCUT2D eigenvalue weighted by atomic mass is 16.6. The first-order chi connectivity index (χ1) is 17.5. The molecule has 0 fully saturated rings. The molecule has 2 heterocycles. The zero-order valence-corrected chi connectivity index (χ0v) is 20.6. The average molecular weight is 494 g/mol. The standard InChI is InChI=1S/C26H27N3O7/c1-5-31-19-13-18(14-20(32-6-2)24(19)33-7-3)26(30)34-15-21-27-28-25(35-21)22-16(4)36-29-23(22)17-11-9-8-10-12-17/h8-14H,5-7,15H2,1-4H3. The number of carbonyl (C=O) groups is 1. The second kappa shape index (κ2) is 11.4. The molecule has 2 aromatic carbocycles. The maximum absolute atomic E-state index is 12.8. The number of ether oxygens (including phenoxy) is 4. The highest BCUT2D eigenvalue weighted by Crippen LogP contribution is 2.39. The summed E-state index contributed by atoms with van der Waals surface area (Å²) in [6.07, 6.45) is 0. The number of rotatable bonds is 11. The van der Waals surface area contributed by atoms with E-state index in [0.717, 1.165) is 5.56 Å². The molecule has 188 valence electrons. The normalized spacial score (nSPS) is 10.8. The SMILES string of the molecule is CCOc1cc(C(=O)OCc2nnc(-c3c(-c4ccccc4)noc3C)o2)cc(OCC)c1OCC. The van der Waals surface area contributed by atoms with Gasteiger partial charge in [-0.1, -0.05) is 35.5 Å². The van der Waals surface area contributed by atoms with E-state index in [0.29, 0.717) is 54.1 Å². The molecule has 0 aliphatic heterocycles. The molecule has 0 aliphatic carbocycles. The molecule has 2 aromatic heterocycles. The predicted molar refractivity (Wildman–Crippen MR) is 129 cm³/mol. The van der Waals surface area contributed by atoms with Crippen molar-refractivity contribution in [3.8, 4) is 40.0 Å². The van der Waals surface area contributed by atoms with E-state index in [9.17, 15) is 4.79 Å². The largest absolute Gasteiger partial charge is 0.490 e. The Morgan fingerprint density at radius 1 is 0.917 bits per heavy atom. The van der Waals surface area contributed by atoms with Crippen molar-refractivity contribution in [3.63, 3.8) is 0 Å². The molecule has 0 atom stereocenters. The summed E-state index contributed by atoms with van der Waals surface area (Å²) < 4.78 is 33.6. The lowest BCUT2D eigenvalue weighted by Gasteiger charge is -2.16. The first-order valence-corrected chi connectivity index (χ1v) is 11.6. The Labute approximate surface area is 208 Å². The van der Waals surface area contributed by atoms with Gasteiger partial charge in [0.2, 0.25) is 5.75 Å². The lowest BCUT2D eigenvalue weighted by molar-refractivity contribution is 0.0437. The average Bonchev–Trinajstić information content (AvgIpc) is 3.51. The second-order valence-electron chi connectivity index (χ2n) is 7.51. The van der Waals surface area contributed by atoms with Gasteiger partial charge >= 0.3 is 5.97 Å². The van der Waals surface area contributed by atoms with E-state index >= 15 is 0 Å². The van der Waals surface area contributed by atoms with Crippen LogP contribution in [0.1, 0.15) is 42.8 Å². The van der Waals surface area contributed by atoms with Gasteiger partial charge in [-0.05, 0) is 39.8 Å². The van der Waals surface area contributed by atoms with Gasteiger partial charge in [0, 0.05) is 5.56 Å². The molecule has 10 heteroatoms. The van der Waals surface area contributed by atoms with E-state index in [1.807, 2.05) is 51.1 Å². The molecule has 0 N–H and O–H groups in total. The van der Waals surface area contributed by atoms with Crippen LogP contribution in [0, 0.1) is 6.92 Å². The van der Waals surface area contributed by atoms with E-state index < -0.39 is 5.97 Å². The van der Waals surface area contributed by atoms with Crippen molar-refractivity contribution in [3.05, 3.63) is 59.7 Å². The van der Waals surface area contributed by atoms with Gasteiger partial charge in [0.15, 0.2) is 18.1 Å². The molecule has 10 nitrogen and oxygen atoms in total. The van der Waals surface area contributed by atoms with Gasteiger partial charge in [0.1, 0.15) is 17.0 Å². The number of benzene rings is 2. The van der Waals surface area contributed by atoms with Crippen LogP contribution < -0.4 is 14.2 Å². The van der Waals surface area contributed by atoms with Crippen molar-refractivity contribution in [2.75, 3.05) is 19.8 Å². The molecule has 0 unspecified atom stereocenters. The van der Waals surface area contributed by atoms with Gasteiger partial charge in [-0.25, -0.2) is 4.79 Å². The molecule has 0 saturated carbocycles. The first kappa shape index (κ1) is 24.8. The maximum Gasteiger partial charge on any atom is 0.338 e. The van der Waals surface area contributed by atoms with Crippen LogP contribution in [0.2, 0.25) is 0 Å². The number of nitrogens with zero attached hydrogens (tertiary/aromatic N) is 3. The molecular weight excluding hydrogens is 466 g/mol. The lowest BCUT2D eigenvalue weighted by atomic mass is 10.1. The first-order valence-electron chi connectivity index (χ1n) is 11.6. The van der Waals surface area contributed by atoms with Crippen molar-refractivity contribution in [2.24, 2.45) is 0 Å². The van der Waals surface area contributed by atoms with Crippen molar-refractivity contribution in [2.45, 2.75) is 34.3 Å². The van der Waals surface area contributed by atoms with Gasteiger partial charge in [0.05, 0.1) is 25.4 Å². The summed E-state index contributed by atoms with van der Waals surface area (Å²) in [7, 11) is 0. The third kappa shape index (κ3) is 5.32. The molecule has 0 bridgehead atoms. The zero-order chi connectivity index (χ0) is 25.5. The van der Waals surface area contributed by atoms with Gasteiger partial charge in [0.25, 0.3) is 11.8 Å². The highest BCUT2D eigenvalue weighted by molar-refractivity contribution is 5.91. The molecular formula is C26H27N3O7. The van der Waals surface area contributed by atoms with Gasteiger partial charge in [-0.2, -0.15) is 0 Å². The molecule has 4 aromatic rings. The molecule has 36 heavy (non-hydrogen) atoms. The minimum absolute atomic E-state index is 0.124. The predicted octanol–water partition coefficient (Wildman–Crippen LogP) is 5.25. The Hall–Kier alpha value is -4.34. The van der Waals surface area contributed by atoms with Crippen LogP contribution >= 0.6 is 0 Å². The number of aromatic nitrogens is 3. The van der Waals surface area contributed by atoms with Gasteiger partial charge in [-0.3, -0.25) is 0 Å². The fourth-order valence-electron chi connectivity index (χ4n) is 3.55. The molecule has 0 saturated heterocycles. The van der Waals surface area contributed by atoms with Crippen LogP contribution in [0.25, 0.3) is 22.7 Å². The van der Waals surface area contributed by atoms with Crippen LogP contribution in [0.4, 0.5) is 0 Å². The monoisotopic (exact) mass is 493 g/mol. The van der Waals surface area contributed by atoms with E-state index in [4.69, 9.17) is 27.9 Å². The summed E-state index contributed by atoms with van der Waals surface area (Å²) in [5.41, 5.74) is 2.26. The van der Waals surface area contributed by atoms with Crippen molar-refractivity contribution >= 4 is 5.97 Å². The van der Waals surface area contributed by atoms with Crippen LogP contribution in [0.15, 0.2) is 51.4 Å². The van der Waals surface area contributed by atoms with Crippen LogP contribution in [0.3, 0.4) is 0 Å². The molecule has 0 spiro atoms. The van der Waals surface area contributed by atoms with Gasteiger partial charge < -0.3 is 27.9 Å². The van der Waals surface area contributed by atoms with Gasteiger partial charge in [-0.15, -0.1) is 10.2 Å². The fraction of sp³-hybridized carbons (Fsp3) is 0.308. The second-order valence-corrected chi connectivity index (χ2v) is 7.51. The Balaban J connectivity index is 1.53. The minimum atomic E-state index is -0.606. The quantitative estimate of drug-likeness (QED) is 0.256. The summed E-state index contributed by atoms with van der Waals surface area (Å²) in [6.45, 7) is 8.28. The van der Waals surface area contributed by atoms with Crippen LogP contribution in [-0.2, 0) is 11.3 Å². The summed E-state index contributed by atoms with van der Waals surface area (Å²) in [4.78, 5) is 12.8. The number of hydrogen-bond donors (Lipinski definition) is 0. The van der Waals surface area contributed by atoms with Crippen molar-refractivity contribution in [1.82, 2.24) is 15.4 Å². The van der Waals surface area contributed by atoms with Crippen LogP contribution in [0.5, 0.6) is 17.2 Å². The van der Waals surface area contributed by atoms with Crippen molar-refractivity contribution in [1.29, 1.82) is 0 Å². The Morgan fingerprint density at radius 2 is 1.58 bits per heavy atom. The van der Waals surface area contributed by atoms with Crippen molar-refractivity contribution < 1.29 is 32.7 Å². The summed E-state index contributed by atoms with van der Waals surface area (Å²) >= 11 is 0. The third-order valence-corrected chi connectivity index (χ3v) is 5.06. The Kier molecular flexibility index (Phi) is 7.84. The third-order valence-electron chi connectivity index (χ3n) is 5.06. The van der Waals surface area contributed by atoms with Crippen LogP contribution in [-0.4, -0.2) is 41.1 Å². The maximum atomic E-state index is 12.8. The van der Waals surface area contributed by atoms with E-state index in [2.05, 4.69) is 15.4 Å². The fourth-order valence-corrected chi connectivity index (χ4v) is 3.55. The molecule has 4 rings (SSSR count). The zero-order valence-electron chi connectivity index (χ0n) is 20.6. The number of hydrogen-bond acceptors (Lipinski definition) is 10. The summed E-state index contributed by atoms with van der Waals surface area (Å²) in [5.74, 6) is 1.50.